The second kappa shape index (κ2) is 4.13. The number of fused-ring (bicyclic) bond motifs is 2. The van der Waals surface area contributed by atoms with Crippen molar-refractivity contribution in [3.63, 3.8) is 0 Å². The maximum Gasteiger partial charge on any atom is 0.129 e. The maximum atomic E-state index is 6.50. The van der Waals surface area contributed by atoms with Crippen molar-refractivity contribution in [2.45, 2.75) is 60.9 Å². The van der Waals surface area contributed by atoms with Crippen LogP contribution in [0.2, 0.25) is 0 Å². The molecular weight excluding hydrogens is 277 g/mol. The molecule has 0 amide bonds. The van der Waals surface area contributed by atoms with Crippen molar-refractivity contribution in [2.75, 3.05) is 0 Å². The molecule has 0 heterocycles. The smallest absolute Gasteiger partial charge is 0.129 e. The summed E-state index contributed by atoms with van der Waals surface area (Å²) >= 11 is 13.0. The molecule has 1 aromatic rings. The molecule has 102 valence electrons. The summed E-state index contributed by atoms with van der Waals surface area (Å²) in [5.74, 6) is 0. The van der Waals surface area contributed by atoms with Crippen molar-refractivity contribution in [1.82, 2.24) is 5.32 Å². The van der Waals surface area contributed by atoms with E-state index in [4.69, 9.17) is 23.2 Å². The quantitative estimate of drug-likeness (QED) is 0.828. The first-order valence-electron chi connectivity index (χ1n) is 7.35. The molecule has 3 aliphatic carbocycles. The monoisotopic (exact) mass is 295 g/mol. The topological polar surface area (TPSA) is 12.0 Å². The Bertz CT molecular complexity index is 521. The van der Waals surface area contributed by atoms with E-state index in [1.807, 2.05) is 0 Å². The third kappa shape index (κ3) is 1.93. The molecule has 2 fully saturated rings. The van der Waals surface area contributed by atoms with Gasteiger partial charge in [-0.1, -0.05) is 18.2 Å². The molecule has 0 aromatic heterocycles. The first-order valence-corrected chi connectivity index (χ1v) is 8.10. The summed E-state index contributed by atoms with van der Waals surface area (Å²) in [6.45, 7) is 0.972. The lowest BCUT2D eigenvalue weighted by Gasteiger charge is -2.30. The van der Waals surface area contributed by atoms with Gasteiger partial charge < -0.3 is 5.32 Å². The first-order chi connectivity index (χ1) is 9.12. The minimum absolute atomic E-state index is 0.0471. The molecule has 0 radical (unpaired) electrons. The molecule has 1 atom stereocenters. The van der Waals surface area contributed by atoms with E-state index < -0.39 is 4.33 Å². The lowest BCUT2D eigenvalue weighted by atomic mass is 9.77. The van der Waals surface area contributed by atoms with Crippen molar-refractivity contribution in [3.8, 4) is 0 Å². The summed E-state index contributed by atoms with van der Waals surface area (Å²) in [7, 11) is 0. The number of aryl methyl sites for hydroxylation is 1. The van der Waals surface area contributed by atoms with Crippen LogP contribution in [0, 0.1) is 0 Å². The minimum Gasteiger partial charge on any atom is -0.310 e. The second-order valence-corrected chi connectivity index (χ2v) is 7.91. The van der Waals surface area contributed by atoms with Crippen LogP contribution in [-0.4, -0.2) is 10.4 Å². The van der Waals surface area contributed by atoms with Gasteiger partial charge >= 0.3 is 0 Å². The Labute approximate surface area is 124 Å². The molecule has 1 unspecified atom stereocenters. The highest BCUT2D eigenvalue weighted by atomic mass is 35.5. The summed E-state index contributed by atoms with van der Waals surface area (Å²) in [6, 6.07) is 7.45. The van der Waals surface area contributed by atoms with Gasteiger partial charge in [0.25, 0.3) is 0 Å². The summed E-state index contributed by atoms with van der Waals surface area (Å²) in [4.78, 5) is 0. The van der Waals surface area contributed by atoms with E-state index >= 15 is 0 Å². The van der Waals surface area contributed by atoms with Crippen molar-refractivity contribution < 1.29 is 0 Å². The van der Waals surface area contributed by atoms with Gasteiger partial charge in [-0.05, 0) is 55.2 Å². The molecule has 1 N–H and O–H groups in total. The van der Waals surface area contributed by atoms with Crippen molar-refractivity contribution >= 4 is 23.2 Å². The Morgan fingerprint density at radius 2 is 2.05 bits per heavy atom. The predicted octanol–water partition coefficient (Wildman–Crippen LogP) is 4.09. The molecular formula is C16H19Cl2N. The molecule has 1 aromatic carbocycles. The van der Waals surface area contributed by atoms with Gasteiger partial charge in [0.2, 0.25) is 0 Å². The Morgan fingerprint density at radius 3 is 2.74 bits per heavy atom. The Hall–Kier alpha value is -0.240. The third-order valence-electron chi connectivity index (χ3n) is 5.02. The van der Waals surface area contributed by atoms with Gasteiger partial charge in [-0.25, -0.2) is 0 Å². The number of benzene rings is 1. The maximum absolute atomic E-state index is 6.50. The van der Waals surface area contributed by atoms with Gasteiger partial charge in [0.05, 0.1) is 0 Å². The zero-order valence-electron chi connectivity index (χ0n) is 11.0. The van der Waals surface area contributed by atoms with E-state index in [-0.39, 0.29) is 5.41 Å². The third-order valence-corrected chi connectivity index (χ3v) is 6.01. The van der Waals surface area contributed by atoms with Gasteiger partial charge in [-0.2, -0.15) is 0 Å². The molecule has 3 aliphatic rings. The molecule has 1 nitrogen and oxygen atoms in total. The average molecular weight is 296 g/mol. The van der Waals surface area contributed by atoms with Crippen molar-refractivity contribution in [1.29, 1.82) is 0 Å². The van der Waals surface area contributed by atoms with Gasteiger partial charge in [-0.15, -0.1) is 23.2 Å². The van der Waals surface area contributed by atoms with Gasteiger partial charge in [0.1, 0.15) is 4.33 Å². The normalized spacial score (nSPS) is 31.3. The van der Waals surface area contributed by atoms with E-state index in [2.05, 4.69) is 23.5 Å². The second-order valence-electron chi connectivity index (χ2n) is 6.42. The SMILES string of the molecule is ClC1(Cl)CC12CCCc1cccc(CNC3CC3)c12. The lowest BCUT2D eigenvalue weighted by Crippen LogP contribution is -2.26. The number of rotatable bonds is 3. The molecule has 0 aliphatic heterocycles. The van der Waals surface area contributed by atoms with E-state index in [0.29, 0.717) is 0 Å². The van der Waals surface area contributed by atoms with Crippen LogP contribution in [0.3, 0.4) is 0 Å². The number of alkyl halides is 2. The highest BCUT2D eigenvalue weighted by Crippen LogP contribution is 2.69. The number of halogens is 2. The van der Waals surface area contributed by atoms with Gasteiger partial charge in [0.15, 0.2) is 0 Å². The number of nitrogens with one attached hydrogen (secondary N) is 1. The Kier molecular flexibility index (Phi) is 2.72. The highest BCUT2D eigenvalue weighted by molar-refractivity contribution is 6.52. The van der Waals surface area contributed by atoms with E-state index in [9.17, 15) is 0 Å². The van der Waals surface area contributed by atoms with E-state index in [0.717, 1.165) is 25.4 Å². The Balaban J connectivity index is 1.72. The summed E-state index contributed by atoms with van der Waals surface area (Å²) in [5.41, 5.74) is 4.42. The van der Waals surface area contributed by atoms with Gasteiger partial charge in [-0.3, -0.25) is 0 Å². The zero-order valence-corrected chi connectivity index (χ0v) is 12.5. The van der Waals surface area contributed by atoms with Crippen LogP contribution < -0.4 is 5.32 Å². The summed E-state index contributed by atoms with van der Waals surface area (Å²) in [5, 5.41) is 3.63. The largest absolute Gasteiger partial charge is 0.310 e. The van der Waals surface area contributed by atoms with Crippen LogP contribution in [0.25, 0.3) is 0 Å². The van der Waals surface area contributed by atoms with Crippen LogP contribution in [0.15, 0.2) is 18.2 Å². The minimum atomic E-state index is -0.530. The average Bonchev–Trinajstić information content (AvgIpc) is 3.27. The van der Waals surface area contributed by atoms with Crippen LogP contribution in [0.5, 0.6) is 0 Å². The van der Waals surface area contributed by atoms with Crippen molar-refractivity contribution in [2.24, 2.45) is 0 Å². The number of hydrogen-bond donors (Lipinski definition) is 1. The number of hydrogen-bond acceptors (Lipinski definition) is 1. The fraction of sp³-hybridized carbons (Fsp3) is 0.625. The van der Waals surface area contributed by atoms with Crippen LogP contribution in [0.4, 0.5) is 0 Å². The van der Waals surface area contributed by atoms with E-state index in [1.165, 1.54) is 42.4 Å². The fourth-order valence-corrected chi connectivity index (χ4v) is 4.58. The zero-order chi connectivity index (χ0) is 13.1. The summed E-state index contributed by atoms with van der Waals surface area (Å²) < 4.78 is -0.530. The highest BCUT2D eigenvalue weighted by Gasteiger charge is 2.68. The molecule has 3 heteroatoms. The predicted molar refractivity (Wildman–Crippen MR) is 80.0 cm³/mol. The summed E-state index contributed by atoms with van der Waals surface area (Å²) in [6.07, 6.45) is 7.13. The Morgan fingerprint density at radius 1 is 1.26 bits per heavy atom. The van der Waals surface area contributed by atoms with Crippen LogP contribution in [0.1, 0.15) is 48.8 Å². The molecule has 2 saturated carbocycles. The molecule has 0 bridgehead atoms. The molecule has 4 rings (SSSR count). The molecule has 19 heavy (non-hydrogen) atoms. The van der Waals surface area contributed by atoms with Crippen LogP contribution >= 0.6 is 23.2 Å². The first kappa shape index (κ1) is 12.5. The van der Waals surface area contributed by atoms with Crippen LogP contribution in [-0.2, 0) is 18.4 Å². The van der Waals surface area contributed by atoms with E-state index in [1.54, 1.807) is 0 Å². The standard InChI is InChI=1S/C16H19Cl2N/c17-16(18)10-15(16)8-2-5-11-3-1-4-12(14(11)15)9-19-13-6-7-13/h1,3-4,13,19H,2,5-10H2. The molecule has 0 saturated heterocycles. The van der Waals surface area contributed by atoms with Crippen molar-refractivity contribution in [3.05, 3.63) is 34.9 Å². The fourth-order valence-electron chi connectivity index (χ4n) is 3.75. The lowest BCUT2D eigenvalue weighted by molar-refractivity contribution is 0.526. The molecule has 1 spiro atoms. The van der Waals surface area contributed by atoms with Gasteiger partial charge in [0, 0.05) is 18.0 Å².